The van der Waals surface area contributed by atoms with Crippen LogP contribution < -0.4 is 4.90 Å². The van der Waals surface area contributed by atoms with Gasteiger partial charge in [0.15, 0.2) is 6.20 Å². The summed E-state index contributed by atoms with van der Waals surface area (Å²) in [6.45, 7) is 3.89. The van der Waals surface area contributed by atoms with Crippen molar-refractivity contribution in [1.82, 2.24) is 4.98 Å². The highest BCUT2D eigenvalue weighted by atomic mass is 16.6. The van der Waals surface area contributed by atoms with Crippen LogP contribution in [0.5, 0.6) is 0 Å². The molecule has 7 heteroatoms. The first kappa shape index (κ1) is 13.9. The van der Waals surface area contributed by atoms with Gasteiger partial charge in [-0.1, -0.05) is 0 Å². The number of pyridine rings is 1. The third-order valence-corrected chi connectivity index (χ3v) is 2.40. The van der Waals surface area contributed by atoms with E-state index in [0.717, 1.165) is 0 Å². The standard InChI is InChI=1S/C11H15N3O4/c1-8(2)13(7-11(15)18-3)9-4-5-10(12-6-9)14(16)17/h4-6,8H,7H2,1-3H3. The second kappa shape index (κ2) is 5.95. The van der Waals surface area contributed by atoms with Crippen molar-refractivity contribution in [2.24, 2.45) is 0 Å². The minimum Gasteiger partial charge on any atom is -0.468 e. The summed E-state index contributed by atoms with van der Waals surface area (Å²) < 4.78 is 4.61. The van der Waals surface area contributed by atoms with Gasteiger partial charge >= 0.3 is 11.8 Å². The lowest BCUT2D eigenvalue weighted by Gasteiger charge is -2.26. The fourth-order valence-electron chi connectivity index (χ4n) is 1.43. The van der Waals surface area contributed by atoms with Crippen molar-refractivity contribution in [2.75, 3.05) is 18.6 Å². The van der Waals surface area contributed by atoms with Gasteiger partial charge in [-0.15, -0.1) is 0 Å². The molecule has 0 fully saturated rings. The van der Waals surface area contributed by atoms with Crippen molar-refractivity contribution in [2.45, 2.75) is 19.9 Å². The first-order chi connectivity index (χ1) is 8.45. The summed E-state index contributed by atoms with van der Waals surface area (Å²) >= 11 is 0. The molecule has 0 unspecified atom stereocenters. The van der Waals surface area contributed by atoms with Gasteiger partial charge in [0, 0.05) is 12.1 Å². The average molecular weight is 253 g/mol. The molecule has 0 saturated carbocycles. The number of esters is 1. The molecule has 0 bridgehead atoms. The number of aromatic nitrogens is 1. The number of rotatable bonds is 5. The third-order valence-electron chi connectivity index (χ3n) is 2.40. The van der Waals surface area contributed by atoms with Crippen LogP contribution in [0.4, 0.5) is 11.5 Å². The van der Waals surface area contributed by atoms with Crippen LogP contribution in [0.15, 0.2) is 18.3 Å². The van der Waals surface area contributed by atoms with Gasteiger partial charge in [-0.3, -0.25) is 4.79 Å². The Kier molecular flexibility index (Phi) is 4.59. The van der Waals surface area contributed by atoms with Crippen molar-refractivity contribution in [3.63, 3.8) is 0 Å². The highest BCUT2D eigenvalue weighted by molar-refractivity contribution is 5.75. The number of carbonyl (C=O) groups is 1. The summed E-state index contributed by atoms with van der Waals surface area (Å²) in [4.78, 5) is 26.7. The molecule has 0 aromatic carbocycles. The number of ether oxygens (including phenoxy) is 1. The van der Waals surface area contributed by atoms with Crippen molar-refractivity contribution < 1.29 is 14.5 Å². The van der Waals surface area contributed by atoms with E-state index >= 15 is 0 Å². The van der Waals surface area contributed by atoms with E-state index < -0.39 is 4.92 Å². The highest BCUT2D eigenvalue weighted by Crippen LogP contribution is 2.18. The lowest BCUT2D eigenvalue weighted by molar-refractivity contribution is -0.389. The molecule has 0 aliphatic carbocycles. The molecule has 0 atom stereocenters. The van der Waals surface area contributed by atoms with Crippen LogP contribution in [0.25, 0.3) is 0 Å². The highest BCUT2D eigenvalue weighted by Gasteiger charge is 2.17. The van der Waals surface area contributed by atoms with E-state index in [1.165, 1.54) is 19.4 Å². The molecule has 0 saturated heterocycles. The second-order valence-electron chi connectivity index (χ2n) is 3.93. The van der Waals surface area contributed by atoms with Gasteiger partial charge in [0.2, 0.25) is 0 Å². The SMILES string of the molecule is COC(=O)CN(c1ccc([N+](=O)[O-])nc1)C(C)C. The fraction of sp³-hybridized carbons (Fsp3) is 0.455. The Hall–Kier alpha value is -2.18. The topological polar surface area (TPSA) is 85.6 Å². The number of hydrogen-bond donors (Lipinski definition) is 0. The number of anilines is 1. The average Bonchev–Trinajstić information content (AvgIpc) is 2.35. The van der Waals surface area contributed by atoms with Crippen molar-refractivity contribution >= 4 is 17.5 Å². The molecule has 0 N–H and O–H groups in total. The van der Waals surface area contributed by atoms with Crippen molar-refractivity contribution in [3.05, 3.63) is 28.4 Å². The molecule has 0 amide bonds. The van der Waals surface area contributed by atoms with Gasteiger partial charge in [-0.05, 0) is 29.8 Å². The normalized spacial score (nSPS) is 10.2. The van der Waals surface area contributed by atoms with Crippen LogP contribution >= 0.6 is 0 Å². The van der Waals surface area contributed by atoms with Gasteiger partial charge < -0.3 is 19.8 Å². The van der Waals surface area contributed by atoms with Gasteiger partial charge in [0.25, 0.3) is 0 Å². The van der Waals surface area contributed by atoms with E-state index in [1.54, 1.807) is 11.0 Å². The van der Waals surface area contributed by atoms with Crippen LogP contribution in [-0.2, 0) is 9.53 Å². The number of nitrogens with zero attached hydrogens (tertiary/aromatic N) is 3. The lowest BCUT2D eigenvalue weighted by Crippen LogP contribution is -2.36. The Morgan fingerprint density at radius 3 is 2.61 bits per heavy atom. The molecule has 1 rings (SSSR count). The molecule has 1 heterocycles. The molecule has 7 nitrogen and oxygen atoms in total. The Bertz CT molecular complexity index is 430. The monoisotopic (exact) mass is 253 g/mol. The Balaban J connectivity index is 2.92. The number of carbonyl (C=O) groups excluding carboxylic acids is 1. The van der Waals surface area contributed by atoms with E-state index in [-0.39, 0.29) is 24.4 Å². The smallest absolute Gasteiger partial charge is 0.363 e. The predicted octanol–water partition coefficient (Wildman–Crippen LogP) is 1.38. The second-order valence-corrected chi connectivity index (χ2v) is 3.93. The molecular formula is C11H15N3O4. The molecule has 0 radical (unpaired) electrons. The molecule has 0 spiro atoms. The summed E-state index contributed by atoms with van der Waals surface area (Å²) in [6.07, 6.45) is 1.38. The van der Waals surface area contributed by atoms with E-state index in [9.17, 15) is 14.9 Å². The summed E-state index contributed by atoms with van der Waals surface area (Å²) in [5, 5.41) is 10.5. The molecule has 0 aliphatic heterocycles. The number of hydrogen-bond acceptors (Lipinski definition) is 6. The van der Waals surface area contributed by atoms with Crippen LogP contribution in [-0.4, -0.2) is 35.6 Å². The molecule has 18 heavy (non-hydrogen) atoms. The quantitative estimate of drug-likeness (QED) is 0.447. The molecule has 1 aromatic heterocycles. The van der Waals surface area contributed by atoms with E-state index in [2.05, 4.69) is 9.72 Å². The minimum atomic E-state index is -0.566. The maximum atomic E-state index is 11.3. The zero-order valence-electron chi connectivity index (χ0n) is 10.5. The maximum Gasteiger partial charge on any atom is 0.363 e. The van der Waals surface area contributed by atoms with Crippen LogP contribution in [0.2, 0.25) is 0 Å². The molecular weight excluding hydrogens is 238 g/mol. The Morgan fingerprint density at radius 1 is 1.56 bits per heavy atom. The summed E-state index contributed by atoms with van der Waals surface area (Å²) in [5.74, 6) is -0.595. The van der Waals surface area contributed by atoms with E-state index in [4.69, 9.17) is 0 Å². The van der Waals surface area contributed by atoms with Gasteiger partial charge in [-0.2, -0.15) is 0 Å². The molecule has 1 aromatic rings. The van der Waals surface area contributed by atoms with E-state index in [1.807, 2.05) is 13.8 Å². The predicted molar refractivity (Wildman–Crippen MR) is 65.4 cm³/mol. The molecule has 0 aliphatic rings. The first-order valence-electron chi connectivity index (χ1n) is 5.39. The Labute approximate surface area is 105 Å². The van der Waals surface area contributed by atoms with E-state index in [0.29, 0.717) is 5.69 Å². The van der Waals surface area contributed by atoms with Crippen molar-refractivity contribution in [3.8, 4) is 0 Å². The maximum absolute atomic E-state index is 11.3. The van der Waals surface area contributed by atoms with Gasteiger partial charge in [0.05, 0.1) is 12.8 Å². The summed E-state index contributed by atoms with van der Waals surface area (Å²) in [5.41, 5.74) is 0.640. The Morgan fingerprint density at radius 2 is 2.22 bits per heavy atom. The zero-order valence-corrected chi connectivity index (χ0v) is 10.5. The van der Waals surface area contributed by atoms with Crippen LogP contribution in [0, 0.1) is 10.1 Å². The van der Waals surface area contributed by atoms with Crippen LogP contribution in [0.1, 0.15) is 13.8 Å². The minimum absolute atomic E-state index is 0.0485. The molecule has 98 valence electrons. The number of methoxy groups -OCH3 is 1. The summed E-state index contributed by atoms with van der Waals surface area (Å²) in [7, 11) is 1.31. The number of nitro groups is 1. The third kappa shape index (κ3) is 3.41. The van der Waals surface area contributed by atoms with Gasteiger partial charge in [-0.25, -0.2) is 0 Å². The summed E-state index contributed by atoms with van der Waals surface area (Å²) in [6, 6.07) is 2.92. The lowest BCUT2D eigenvalue weighted by atomic mass is 10.2. The zero-order chi connectivity index (χ0) is 13.7. The van der Waals surface area contributed by atoms with Crippen LogP contribution in [0.3, 0.4) is 0 Å². The van der Waals surface area contributed by atoms with Gasteiger partial charge in [0.1, 0.15) is 6.54 Å². The largest absolute Gasteiger partial charge is 0.468 e. The fourth-order valence-corrected chi connectivity index (χ4v) is 1.43. The first-order valence-corrected chi connectivity index (χ1v) is 5.39. The van der Waals surface area contributed by atoms with Crippen molar-refractivity contribution in [1.29, 1.82) is 0 Å².